The Kier molecular flexibility index (Phi) is 3.23. The van der Waals surface area contributed by atoms with Crippen LogP contribution >= 0.6 is 11.6 Å². The molecule has 2 heterocycles. The number of carbonyl (C=O) groups is 1. The third kappa shape index (κ3) is 2.30. The van der Waals surface area contributed by atoms with Crippen molar-refractivity contribution < 1.29 is 9.90 Å². The van der Waals surface area contributed by atoms with Crippen molar-refractivity contribution in [1.29, 1.82) is 0 Å². The number of aliphatic imine (C=N–C) groups is 1. The SMILES string of the molecule is O=C(O)Cc1[nH]c2cccc(NN3C=NCC3)c2c1Cl. The Labute approximate surface area is 120 Å². The van der Waals surface area contributed by atoms with Gasteiger partial charge in [-0.05, 0) is 12.1 Å². The maximum Gasteiger partial charge on any atom is 0.309 e. The molecule has 0 aliphatic carbocycles. The molecule has 0 unspecified atom stereocenters. The second kappa shape index (κ2) is 5.05. The van der Waals surface area contributed by atoms with Gasteiger partial charge in [0.25, 0.3) is 0 Å². The third-order valence-corrected chi connectivity index (χ3v) is 3.53. The lowest BCUT2D eigenvalue weighted by molar-refractivity contribution is -0.136. The molecule has 0 saturated heterocycles. The number of fused-ring (bicyclic) bond motifs is 1. The molecular weight excluding hydrogens is 280 g/mol. The lowest BCUT2D eigenvalue weighted by atomic mass is 10.2. The zero-order chi connectivity index (χ0) is 14.1. The number of hydrogen-bond donors (Lipinski definition) is 3. The lowest BCUT2D eigenvalue weighted by Gasteiger charge is -2.17. The molecule has 1 aromatic heterocycles. The molecule has 0 spiro atoms. The molecule has 104 valence electrons. The average molecular weight is 293 g/mol. The summed E-state index contributed by atoms with van der Waals surface area (Å²) >= 11 is 6.31. The molecule has 0 radical (unpaired) electrons. The molecule has 3 N–H and O–H groups in total. The fourth-order valence-electron chi connectivity index (χ4n) is 2.25. The van der Waals surface area contributed by atoms with Crippen molar-refractivity contribution >= 4 is 40.5 Å². The summed E-state index contributed by atoms with van der Waals surface area (Å²) in [6.07, 6.45) is 1.61. The van der Waals surface area contributed by atoms with Gasteiger partial charge in [0, 0.05) is 16.6 Å². The minimum absolute atomic E-state index is 0.127. The number of aromatic amines is 1. The van der Waals surface area contributed by atoms with E-state index in [0.29, 0.717) is 10.7 Å². The summed E-state index contributed by atoms with van der Waals surface area (Å²) in [5, 5.41) is 12.0. The van der Waals surface area contributed by atoms with Crippen LogP contribution in [0, 0.1) is 0 Å². The number of halogens is 1. The highest BCUT2D eigenvalue weighted by molar-refractivity contribution is 6.37. The van der Waals surface area contributed by atoms with Gasteiger partial charge in [-0.2, -0.15) is 0 Å². The van der Waals surface area contributed by atoms with E-state index >= 15 is 0 Å². The van der Waals surface area contributed by atoms with Crippen molar-refractivity contribution in [3.63, 3.8) is 0 Å². The number of hydrazine groups is 1. The number of nitrogens with one attached hydrogen (secondary N) is 2. The minimum Gasteiger partial charge on any atom is -0.481 e. The molecule has 7 heteroatoms. The van der Waals surface area contributed by atoms with E-state index in [1.807, 2.05) is 23.2 Å². The molecule has 2 aromatic rings. The van der Waals surface area contributed by atoms with Crippen molar-refractivity contribution in [3.05, 3.63) is 28.9 Å². The monoisotopic (exact) mass is 292 g/mol. The molecule has 3 rings (SSSR count). The zero-order valence-corrected chi connectivity index (χ0v) is 11.3. The van der Waals surface area contributed by atoms with Gasteiger partial charge in [-0.3, -0.25) is 20.2 Å². The van der Waals surface area contributed by atoms with Crippen LogP contribution in [0.25, 0.3) is 10.9 Å². The number of aromatic nitrogens is 1. The van der Waals surface area contributed by atoms with Gasteiger partial charge in [-0.15, -0.1) is 0 Å². The van der Waals surface area contributed by atoms with E-state index in [-0.39, 0.29) is 6.42 Å². The van der Waals surface area contributed by atoms with Crippen LogP contribution in [0.4, 0.5) is 5.69 Å². The molecule has 0 atom stereocenters. The van der Waals surface area contributed by atoms with Crippen LogP contribution in [0.3, 0.4) is 0 Å². The van der Waals surface area contributed by atoms with Crippen LogP contribution in [0.15, 0.2) is 23.2 Å². The summed E-state index contributed by atoms with van der Waals surface area (Å²) < 4.78 is 0. The summed E-state index contributed by atoms with van der Waals surface area (Å²) in [5.74, 6) is -0.917. The van der Waals surface area contributed by atoms with E-state index in [0.717, 1.165) is 29.7 Å². The van der Waals surface area contributed by atoms with Crippen molar-refractivity contribution in [2.45, 2.75) is 6.42 Å². The molecule has 1 aliphatic heterocycles. The first-order valence-corrected chi connectivity index (χ1v) is 6.57. The third-order valence-electron chi connectivity index (χ3n) is 3.12. The summed E-state index contributed by atoms with van der Waals surface area (Å²) in [5.41, 5.74) is 5.38. The second-order valence-corrected chi connectivity index (χ2v) is 4.92. The first kappa shape index (κ1) is 12.8. The molecule has 1 aromatic carbocycles. The van der Waals surface area contributed by atoms with E-state index in [1.165, 1.54) is 0 Å². The number of rotatable bonds is 4. The Morgan fingerprint density at radius 3 is 3.10 bits per heavy atom. The first-order valence-electron chi connectivity index (χ1n) is 6.19. The van der Waals surface area contributed by atoms with Crippen molar-refractivity contribution in [2.24, 2.45) is 4.99 Å². The van der Waals surface area contributed by atoms with Gasteiger partial charge in [0.05, 0.1) is 30.2 Å². The number of benzene rings is 1. The van der Waals surface area contributed by atoms with E-state index in [2.05, 4.69) is 15.4 Å². The van der Waals surface area contributed by atoms with Crippen LogP contribution in [-0.2, 0) is 11.2 Å². The van der Waals surface area contributed by atoms with Gasteiger partial charge < -0.3 is 10.1 Å². The molecule has 1 aliphatic rings. The van der Waals surface area contributed by atoms with Gasteiger partial charge in [-0.1, -0.05) is 17.7 Å². The summed E-state index contributed by atoms with van der Waals surface area (Å²) in [6, 6.07) is 5.66. The summed E-state index contributed by atoms with van der Waals surface area (Å²) in [7, 11) is 0. The standard InChI is InChI=1S/C13H13ClN4O2/c14-13-10(6-11(19)20)16-8-2-1-3-9(12(8)13)17-18-5-4-15-7-18/h1-3,7,16-17H,4-6H2,(H,19,20). The molecular formula is C13H13ClN4O2. The highest BCUT2D eigenvalue weighted by Crippen LogP contribution is 2.33. The minimum atomic E-state index is -0.917. The molecule has 0 bridgehead atoms. The number of nitrogens with zero attached hydrogens (tertiary/aromatic N) is 2. The Hall–Kier alpha value is -2.21. The molecule has 6 nitrogen and oxygen atoms in total. The highest BCUT2D eigenvalue weighted by Gasteiger charge is 2.16. The predicted octanol–water partition coefficient (Wildman–Crippen LogP) is 2.12. The number of anilines is 1. The zero-order valence-electron chi connectivity index (χ0n) is 10.6. The largest absolute Gasteiger partial charge is 0.481 e. The number of carboxylic acid groups (broad SMARTS) is 1. The van der Waals surface area contributed by atoms with Crippen molar-refractivity contribution in [1.82, 2.24) is 9.99 Å². The predicted molar refractivity (Wildman–Crippen MR) is 78.3 cm³/mol. The van der Waals surface area contributed by atoms with E-state index in [4.69, 9.17) is 16.7 Å². The highest BCUT2D eigenvalue weighted by atomic mass is 35.5. The Balaban J connectivity index is 2.01. The van der Waals surface area contributed by atoms with Gasteiger partial charge in [-0.25, -0.2) is 0 Å². The number of carboxylic acids is 1. The van der Waals surface area contributed by atoms with Crippen LogP contribution in [0.2, 0.25) is 5.02 Å². The van der Waals surface area contributed by atoms with E-state index in [1.54, 1.807) is 6.34 Å². The van der Waals surface area contributed by atoms with Crippen LogP contribution in [0.1, 0.15) is 5.69 Å². The van der Waals surface area contributed by atoms with Crippen LogP contribution in [0.5, 0.6) is 0 Å². The van der Waals surface area contributed by atoms with Crippen molar-refractivity contribution in [2.75, 3.05) is 18.5 Å². The molecule has 20 heavy (non-hydrogen) atoms. The van der Waals surface area contributed by atoms with Crippen molar-refractivity contribution in [3.8, 4) is 0 Å². The number of H-pyrrole nitrogens is 1. The first-order chi connectivity index (χ1) is 9.65. The number of aliphatic carboxylic acids is 1. The van der Waals surface area contributed by atoms with E-state index in [9.17, 15) is 4.79 Å². The average Bonchev–Trinajstić information content (AvgIpc) is 2.99. The van der Waals surface area contributed by atoms with Crippen LogP contribution < -0.4 is 5.43 Å². The number of hydrogen-bond acceptors (Lipinski definition) is 4. The van der Waals surface area contributed by atoms with Gasteiger partial charge in [0.15, 0.2) is 0 Å². The van der Waals surface area contributed by atoms with Gasteiger partial charge in [0.1, 0.15) is 6.34 Å². The molecule has 0 saturated carbocycles. The smallest absolute Gasteiger partial charge is 0.309 e. The lowest BCUT2D eigenvalue weighted by Crippen LogP contribution is -2.26. The maximum absolute atomic E-state index is 10.8. The quantitative estimate of drug-likeness (QED) is 0.806. The fraction of sp³-hybridized carbons (Fsp3) is 0.231. The summed E-state index contributed by atoms with van der Waals surface area (Å²) in [4.78, 5) is 18.0. The molecule has 0 fully saturated rings. The Morgan fingerprint density at radius 2 is 2.40 bits per heavy atom. The Bertz CT molecular complexity index is 695. The van der Waals surface area contributed by atoms with Gasteiger partial charge in [0.2, 0.25) is 0 Å². The topological polar surface area (TPSA) is 80.7 Å². The normalized spacial score (nSPS) is 14.2. The second-order valence-electron chi connectivity index (χ2n) is 4.54. The summed E-state index contributed by atoms with van der Waals surface area (Å²) in [6.45, 7) is 1.55. The fourth-order valence-corrected chi connectivity index (χ4v) is 2.56. The molecule has 0 amide bonds. The Morgan fingerprint density at radius 1 is 1.55 bits per heavy atom. The van der Waals surface area contributed by atoms with Gasteiger partial charge >= 0.3 is 5.97 Å². The van der Waals surface area contributed by atoms with E-state index < -0.39 is 5.97 Å². The maximum atomic E-state index is 10.8. The van der Waals surface area contributed by atoms with Crippen LogP contribution in [-0.4, -0.2) is 40.5 Å².